The Morgan fingerprint density at radius 1 is 1.08 bits per heavy atom. The summed E-state index contributed by atoms with van der Waals surface area (Å²) in [7, 11) is 0. The lowest BCUT2D eigenvalue weighted by Gasteiger charge is -2.26. The number of carbonyl (C=O) groups excluding carboxylic acids is 1. The predicted octanol–water partition coefficient (Wildman–Crippen LogP) is 3.95. The van der Waals surface area contributed by atoms with E-state index in [0.29, 0.717) is 67.0 Å². The Labute approximate surface area is 216 Å². The van der Waals surface area contributed by atoms with Crippen LogP contribution >= 0.6 is 0 Å². The van der Waals surface area contributed by atoms with Gasteiger partial charge in [-0.05, 0) is 41.8 Å². The van der Waals surface area contributed by atoms with Crippen LogP contribution in [0.4, 0.5) is 0 Å². The molecule has 1 N–H and O–H groups in total. The number of nitrogens with zero attached hydrogens (tertiary/aromatic N) is 3. The van der Waals surface area contributed by atoms with Gasteiger partial charge in [0.15, 0.2) is 5.82 Å². The monoisotopic (exact) mass is 504 g/mol. The van der Waals surface area contributed by atoms with Gasteiger partial charge in [-0.2, -0.15) is 5.10 Å². The van der Waals surface area contributed by atoms with Gasteiger partial charge in [0.2, 0.25) is 0 Å². The Kier molecular flexibility index (Phi) is 8.25. The molecule has 2 aromatic carbocycles. The SMILES string of the molecule is C=CCOc1cc(OCC=C)c(C(C)C)cc1-c1n[nH]c(=O)n1-c1ccc(C(=O)N2CCOCC2)cc1. The molecule has 194 valence electrons. The molecule has 1 fully saturated rings. The van der Waals surface area contributed by atoms with Crippen molar-refractivity contribution in [3.63, 3.8) is 0 Å². The van der Waals surface area contributed by atoms with Crippen molar-refractivity contribution in [2.75, 3.05) is 39.5 Å². The molecule has 9 heteroatoms. The maximum atomic E-state index is 12.9. The zero-order valence-corrected chi connectivity index (χ0v) is 21.2. The van der Waals surface area contributed by atoms with E-state index < -0.39 is 5.69 Å². The third kappa shape index (κ3) is 5.67. The topological polar surface area (TPSA) is 98.7 Å². The fourth-order valence-corrected chi connectivity index (χ4v) is 4.16. The first-order chi connectivity index (χ1) is 17.9. The number of hydrogen-bond donors (Lipinski definition) is 1. The molecule has 2 heterocycles. The zero-order chi connectivity index (χ0) is 26.4. The number of nitrogens with one attached hydrogen (secondary N) is 1. The number of hydrogen-bond acceptors (Lipinski definition) is 6. The van der Waals surface area contributed by atoms with Gasteiger partial charge in [-0.15, -0.1) is 0 Å². The van der Waals surface area contributed by atoms with Gasteiger partial charge in [-0.1, -0.05) is 39.2 Å². The van der Waals surface area contributed by atoms with Crippen LogP contribution in [-0.4, -0.2) is 65.1 Å². The molecule has 1 aliphatic heterocycles. The largest absolute Gasteiger partial charge is 0.489 e. The molecule has 0 bridgehead atoms. The van der Waals surface area contributed by atoms with Crippen molar-refractivity contribution in [3.05, 3.63) is 83.3 Å². The van der Waals surface area contributed by atoms with E-state index >= 15 is 0 Å². The van der Waals surface area contributed by atoms with Crippen molar-refractivity contribution < 1.29 is 19.0 Å². The third-order valence-electron chi connectivity index (χ3n) is 6.03. The average molecular weight is 505 g/mol. The van der Waals surface area contributed by atoms with Crippen LogP contribution < -0.4 is 15.2 Å². The van der Waals surface area contributed by atoms with E-state index in [2.05, 4.69) is 37.2 Å². The van der Waals surface area contributed by atoms with Crippen LogP contribution in [-0.2, 0) is 4.74 Å². The average Bonchev–Trinajstić information content (AvgIpc) is 3.31. The molecule has 1 aromatic heterocycles. The van der Waals surface area contributed by atoms with Crippen molar-refractivity contribution >= 4 is 5.91 Å². The van der Waals surface area contributed by atoms with Gasteiger partial charge in [0.25, 0.3) is 5.91 Å². The number of H-pyrrole nitrogens is 1. The fourth-order valence-electron chi connectivity index (χ4n) is 4.16. The maximum absolute atomic E-state index is 12.9. The van der Waals surface area contributed by atoms with Crippen molar-refractivity contribution in [1.82, 2.24) is 19.7 Å². The van der Waals surface area contributed by atoms with Gasteiger partial charge < -0.3 is 19.1 Å². The van der Waals surface area contributed by atoms with E-state index in [4.69, 9.17) is 14.2 Å². The highest BCUT2D eigenvalue weighted by atomic mass is 16.5. The fraction of sp³-hybridized carbons (Fsp3) is 0.321. The summed E-state index contributed by atoms with van der Waals surface area (Å²) in [6, 6.07) is 10.7. The molecule has 0 spiro atoms. The van der Waals surface area contributed by atoms with Crippen molar-refractivity contribution in [2.45, 2.75) is 19.8 Å². The number of amides is 1. The standard InChI is InChI=1S/C28H32N4O5/c1-5-13-36-24-18-25(37-14-6-2)23(17-22(24)19(3)4)26-29-30-28(34)32(26)21-9-7-20(8-10-21)27(33)31-11-15-35-16-12-31/h5-10,17-19H,1-2,11-16H2,3-4H3,(H,30,34). The van der Waals surface area contributed by atoms with Crippen LogP contribution in [0.25, 0.3) is 17.1 Å². The molecular weight excluding hydrogens is 472 g/mol. The Balaban J connectivity index is 1.76. The number of rotatable bonds is 10. The second-order valence-corrected chi connectivity index (χ2v) is 8.88. The Bertz CT molecular complexity index is 1320. The summed E-state index contributed by atoms with van der Waals surface area (Å²) in [5, 5.41) is 6.88. The van der Waals surface area contributed by atoms with Crippen LogP contribution in [0.15, 0.2) is 66.5 Å². The molecule has 0 radical (unpaired) electrons. The van der Waals surface area contributed by atoms with Crippen LogP contribution in [0.1, 0.15) is 35.7 Å². The van der Waals surface area contributed by atoms with E-state index in [0.717, 1.165) is 5.56 Å². The molecule has 4 rings (SSSR count). The van der Waals surface area contributed by atoms with Crippen LogP contribution in [0.5, 0.6) is 11.5 Å². The first kappa shape index (κ1) is 26.0. The van der Waals surface area contributed by atoms with E-state index in [1.807, 2.05) is 12.1 Å². The van der Waals surface area contributed by atoms with E-state index in [1.165, 1.54) is 4.57 Å². The van der Waals surface area contributed by atoms with E-state index in [9.17, 15) is 9.59 Å². The summed E-state index contributed by atoms with van der Waals surface area (Å²) < 4.78 is 18.7. The first-order valence-electron chi connectivity index (χ1n) is 12.2. The Hall–Kier alpha value is -4.11. The van der Waals surface area contributed by atoms with Crippen molar-refractivity contribution in [1.29, 1.82) is 0 Å². The smallest absolute Gasteiger partial charge is 0.348 e. The number of ether oxygens (including phenoxy) is 3. The normalized spacial score (nSPS) is 13.4. The summed E-state index contributed by atoms with van der Waals surface area (Å²) in [5.74, 6) is 1.63. The Morgan fingerprint density at radius 2 is 1.73 bits per heavy atom. The quantitative estimate of drug-likeness (QED) is 0.420. The lowest BCUT2D eigenvalue weighted by molar-refractivity contribution is 0.0303. The second kappa shape index (κ2) is 11.7. The second-order valence-electron chi connectivity index (χ2n) is 8.88. The molecule has 0 saturated carbocycles. The molecular formula is C28H32N4O5. The number of aromatic nitrogens is 3. The lowest BCUT2D eigenvalue weighted by atomic mass is 9.98. The van der Waals surface area contributed by atoms with Crippen LogP contribution in [0, 0.1) is 0 Å². The number of morpholine rings is 1. The van der Waals surface area contributed by atoms with Gasteiger partial charge in [-0.3, -0.25) is 4.79 Å². The molecule has 0 aliphatic carbocycles. The molecule has 1 amide bonds. The number of carbonyl (C=O) groups is 1. The summed E-state index contributed by atoms with van der Waals surface area (Å²) in [4.78, 5) is 27.5. The van der Waals surface area contributed by atoms with Gasteiger partial charge in [-0.25, -0.2) is 14.5 Å². The summed E-state index contributed by atoms with van der Waals surface area (Å²) >= 11 is 0. The molecule has 3 aromatic rings. The first-order valence-corrected chi connectivity index (χ1v) is 12.2. The minimum atomic E-state index is -0.407. The predicted molar refractivity (Wildman–Crippen MR) is 142 cm³/mol. The Morgan fingerprint density at radius 3 is 2.35 bits per heavy atom. The number of aromatic amines is 1. The summed E-state index contributed by atoms with van der Waals surface area (Å²) in [5.41, 5.74) is 2.28. The molecule has 0 unspecified atom stereocenters. The van der Waals surface area contributed by atoms with Crippen molar-refractivity contribution in [3.8, 4) is 28.6 Å². The minimum Gasteiger partial charge on any atom is -0.489 e. The molecule has 9 nitrogen and oxygen atoms in total. The van der Waals surface area contributed by atoms with Gasteiger partial charge in [0.05, 0.1) is 24.5 Å². The zero-order valence-electron chi connectivity index (χ0n) is 21.2. The van der Waals surface area contributed by atoms with Gasteiger partial charge in [0, 0.05) is 24.7 Å². The maximum Gasteiger partial charge on any atom is 0.348 e. The molecule has 1 aliphatic rings. The van der Waals surface area contributed by atoms with Crippen LogP contribution in [0.3, 0.4) is 0 Å². The highest BCUT2D eigenvalue weighted by Gasteiger charge is 2.22. The number of benzene rings is 2. The lowest BCUT2D eigenvalue weighted by Crippen LogP contribution is -2.40. The molecule has 0 atom stereocenters. The highest BCUT2D eigenvalue weighted by molar-refractivity contribution is 5.94. The van der Waals surface area contributed by atoms with E-state index in [-0.39, 0.29) is 18.4 Å². The summed E-state index contributed by atoms with van der Waals surface area (Å²) in [6.07, 6.45) is 3.33. The van der Waals surface area contributed by atoms with Gasteiger partial charge in [0.1, 0.15) is 24.7 Å². The highest BCUT2D eigenvalue weighted by Crippen LogP contribution is 2.39. The molecule has 37 heavy (non-hydrogen) atoms. The molecule has 1 saturated heterocycles. The minimum absolute atomic E-state index is 0.0635. The van der Waals surface area contributed by atoms with Crippen LogP contribution in [0.2, 0.25) is 0 Å². The van der Waals surface area contributed by atoms with E-state index in [1.54, 1.807) is 41.3 Å². The summed E-state index contributed by atoms with van der Waals surface area (Å²) in [6.45, 7) is 14.4. The third-order valence-corrected chi connectivity index (χ3v) is 6.03. The van der Waals surface area contributed by atoms with Gasteiger partial charge >= 0.3 is 5.69 Å². The van der Waals surface area contributed by atoms with Crippen molar-refractivity contribution in [2.24, 2.45) is 0 Å².